The van der Waals surface area contributed by atoms with E-state index in [1.165, 1.54) is 22.0 Å². The number of benzene rings is 2. The Balaban J connectivity index is 1.64. The van der Waals surface area contributed by atoms with Gasteiger partial charge in [-0.25, -0.2) is 8.42 Å². The van der Waals surface area contributed by atoms with Gasteiger partial charge in [0, 0.05) is 24.7 Å². The van der Waals surface area contributed by atoms with Gasteiger partial charge in [0.15, 0.2) is 0 Å². The molecule has 1 aliphatic carbocycles. The summed E-state index contributed by atoms with van der Waals surface area (Å²) < 4.78 is 26.8. The van der Waals surface area contributed by atoms with Crippen molar-refractivity contribution in [2.75, 3.05) is 18.5 Å². The van der Waals surface area contributed by atoms with Crippen LogP contribution in [-0.4, -0.2) is 36.4 Å². The first-order valence-electron chi connectivity index (χ1n) is 9.66. The largest absolute Gasteiger partial charge is 0.295 e. The maximum absolute atomic E-state index is 12.7. The summed E-state index contributed by atoms with van der Waals surface area (Å²) in [7, 11) is -3.72. The Morgan fingerprint density at radius 3 is 2.55 bits per heavy atom. The zero-order valence-electron chi connectivity index (χ0n) is 15.9. The third kappa shape index (κ3) is 3.88. The zero-order chi connectivity index (χ0) is 20.4. The fraction of sp³-hybridized carbons (Fsp3) is 0.350. The fourth-order valence-electron chi connectivity index (χ4n) is 3.84. The van der Waals surface area contributed by atoms with Gasteiger partial charge in [0.25, 0.3) is 5.69 Å². The molecule has 0 unspecified atom stereocenters. The molecule has 1 fully saturated rings. The number of anilines is 1. The highest BCUT2D eigenvalue weighted by atomic mass is 32.2. The van der Waals surface area contributed by atoms with E-state index in [1.807, 2.05) is 18.2 Å². The molecule has 0 radical (unpaired) electrons. The van der Waals surface area contributed by atoms with Crippen LogP contribution in [0, 0.1) is 10.1 Å². The van der Waals surface area contributed by atoms with Gasteiger partial charge in [-0.15, -0.1) is 0 Å². The van der Waals surface area contributed by atoms with Crippen LogP contribution in [0.15, 0.2) is 52.5 Å². The minimum Gasteiger partial charge on any atom is -0.271 e. The quantitative estimate of drug-likeness (QED) is 0.595. The lowest BCUT2D eigenvalue weighted by atomic mass is 9.90. The van der Waals surface area contributed by atoms with Gasteiger partial charge in [0.2, 0.25) is 10.0 Å². The van der Waals surface area contributed by atoms with E-state index in [1.54, 1.807) is 0 Å². The van der Waals surface area contributed by atoms with E-state index in [2.05, 4.69) is 16.6 Å². The van der Waals surface area contributed by atoms with Gasteiger partial charge in [-0.3, -0.25) is 15.5 Å². The van der Waals surface area contributed by atoms with Gasteiger partial charge in [0.1, 0.15) is 5.69 Å². The Morgan fingerprint density at radius 1 is 1.03 bits per heavy atom. The second kappa shape index (κ2) is 7.92. The van der Waals surface area contributed by atoms with Crippen molar-refractivity contribution < 1.29 is 13.3 Å². The molecule has 152 valence electrons. The van der Waals surface area contributed by atoms with Crippen molar-refractivity contribution >= 4 is 27.1 Å². The van der Waals surface area contributed by atoms with Crippen LogP contribution >= 0.6 is 0 Å². The fourth-order valence-corrected chi connectivity index (χ4v) is 5.38. The first-order valence-corrected chi connectivity index (χ1v) is 11.1. The molecule has 4 rings (SSSR count). The lowest BCUT2D eigenvalue weighted by Crippen LogP contribution is -2.27. The number of rotatable bonds is 5. The average molecular weight is 414 g/mol. The molecule has 0 aromatic heterocycles. The number of hydrogen-bond donors (Lipinski definition) is 1. The molecule has 8 nitrogen and oxygen atoms in total. The van der Waals surface area contributed by atoms with Crippen molar-refractivity contribution in [1.29, 1.82) is 0 Å². The molecule has 2 aliphatic rings. The van der Waals surface area contributed by atoms with Crippen LogP contribution in [-0.2, 0) is 16.4 Å². The number of nitrogens with one attached hydrogen (secondary N) is 1. The van der Waals surface area contributed by atoms with E-state index in [-0.39, 0.29) is 16.3 Å². The van der Waals surface area contributed by atoms with Crippen LogP contribution in [0.3, 0.4) is 0 Å². The third-order valence-electron chi connectivity index (χ3n) is 5.37. The van der Waals surface area contributed by atoms with Crippen molar-refractivity contribution in [2.24, 2.45) is 5.10 Å². The van der Waals surface area contributed by atoms with E-state index < -0.39 is 14.9 Å². The van der Waals surface area contributed by atoms with E-state index in [9.17, 15) is 18.5 Å². The van der Waals surface area contributed by atoms with Crippen LogP contribution in [0.1, 0.15) is 36.8 Å². The summed E-state index contributed by atoms with van der Waals surface area (Å²) in [6, 6.07) is 11.9. The molecule has 1 heterocycles. The first-order chi connectivity index (χ1) is 14.0. The summed E-state index contributed by atoms with van der Waals surface area (Å²) in [5.74, 6) is 0. The summed E-state index contributed by atoms with van der Waals surface area (Å²) in [5, 5.41) is 16.0. The van der Waals surface area contributed by atoms with Crippen LogP contribution < -0.4 is 5.43 Å². The van der Waals surface area contributed by atoms with E-state index in [4.69, 9.17) is 0 Å². The minimum absolute atomic E-state index is 0.0627. The van der Waals surface area contributed by atoms with Crippen LogP contribution in [0.25, 0.3) is 0 Å². The highest BCUT2D eigenvalue weighted by Gasteiger charge is 2.29. The Hall–Kier alpha value is -2.78. The number of hydrazone groups is 1. The number of aryl methyl sites for hydroxylation is 1. The molecule has 1 saturated heterocycles. The van der Waals surface area contributed by atoms with Gasteiger partial charge in [-0.05, 0) is 49.8 Å². The number of sulfonamides is 1. The van der Waals surface area contributed by atoms with Crippen molar-refractivity contribution in [3.05, 3.63) is 63.7 Å². The second-order valence-corrected chi connectivity index (χ2v) is 9.17. The molecule has 2 aromatic carbocycles. The van der Waals surface area contributed by atoms with Gasteiger partial charge in [0.05, 0.1) is 15.5 Å². The summed E-state index contributed by atoms with van der Waals surface area (Å²) in [4.78, 5) is 10.9. The Morgan fingerprint density at radius 2 is 1.79 bits per heavy atom. The van der Waals surface area contributed by atoms with Crippen LogP contribution in [0.4, 0.5) is 11.4 Å². The minimum atomic E-state index is -3.72. The predicted molar refractivity (Wildman–Crippen MR) is 111 cm³/mol. The lowest BCUT2D eigenvalue weighted by Gasteiger charge is -2.18. The Bertz CT molecular complexity index is 1080. The van der Waals surface area contributed by atoms with Gasteiger partial charge in [-0.2, -0.15) is 9.41 Å². The van der Waals surface area contributed by atoms with Crippen molar-refractivity contribution in [2.45, 2.75) is 37.0 Å². The van der Waals surface area contributed by atoms with E-state index in [0.29, 0.717) is 13.1 Å². The topological polar surface area (TPSA) is 105 Å². The predicted octanol–water partition coefficient (Wildman–Crippen LogP) is 3.53. The molecule has 0 bridgehead atoms. The highest BCUT2D eigenvalue weighted by molar-refractivity contribution is 7.89. The standard InChI is InChI=1S/C20H22N4O4S/c25-24(26)20-14-16(29(27,28)23-12-3-4-13-23)10-11-19(20)22-21-18-9-5-7-15-6-1-2-8-17(15)18/h1-2,6,8,10-11,14,22H,3-5,7,9,12-13H2/b21-18+. The summed E-state index contributed by atoms with van der Waals surface area (Å²) >= 11 is 0. The number of hydrogen-bond acceptors (Lipinski definition) is 6. The van der Waals surface area contributed by atoms with Gasteiger partial charge in [-0.1, -0.05) is 24.3 Å². The van der Waals surface area contributed by atoms with Gasteiger partial charge < -0.3 is 0 Å². The normalized spacial score (nSPS) is 18.6. The molecular weight excluding hydrogens is 392 g/mol. The summed E-state index contributed by atoms with van der Waals surface area (Å²) in [5.41, 5.74) is 5.75. The molecule has 29 heavy (non-hydrogen) atoms. The molecule has 0 amide bonds. The van der Waals surface area contributed by atoms with Crippen LogP contribution in [0.2, 0.25) is 0 Å². The molecule has 2 aromatic rings. The zero-order valence-corrected chi connectivity index (χ0v) is 16.7. The smallest absolute Gasteiger partial charge is 0.271 e. The molecule has 0 atom stereocenters. The second-order valence-electron chi connectivity index (χ2n) is 7.23. The maximum Gasteiger partial charge on any atom is 0.295 e. The first kappa shape index (κ1) is 19.5. The number of nitro benzene ring substituents is 1. The third-order valence-corrected chi connectivity index (χ3v) is 7.26. The monoisotopic (exact) mass is 414 g/mol. The van der Waals surface area contributed by atoms with Crippen LogP contribution in [0.5, 0.6) is 0 Å². The maximum atomic E-state index is 12.7. The van der Waals surface area contributed by atoms with Crippen molar-refractivity contribution in [3.8, 4) is 0 Å². The molecule has 0 saturated carbocycles. The molecule has 9 heteroatoms. The SMILES string of the molecule is O=[N+]([O-])c1cc(S(=O)(=O)N2CCCC2)ccc1N/N=C1\CCCc2ccccc21. The molecule has 1 N–H and O–H groups in total. The van der Waals surface area contributed by atoms with E-state index >= 15 is 0 Å². The Kier molecular flexibility index (Phi) is 5.33. The average Bonchev–Trinajstić information content (AvgIpc) is 3.28. The van der Waals surface area contributed by atoms with Gasteiger partial charge >= 0.3 is 0 Å². The molecule has 1 aliphatic heterocycles. The summed E-state index contributed by atoms with van der Waals surface area (Å²) in [6.07, 6.45) is 4.34. The van der Waals surface area contributed by atoms with Crippen molar-refractivity contribution in [3.63, 3.8) is 0 Å². The lowest BCUT2D eigenvalue weighted by molar-refractivity contribution is -0.384. The van der Waals surface area contributed by atoms with E-state index in [0.717, 1.165) is 49.4 Å². The van der Waals surface area contributed by atoms with Crippen molar-refractivity contribution in [1.82, 2.24) is 4.31 Å². The number of nitro groups is 1. The number of fused-ring (bicyclic) bond motifs is 1. The number of nitrogens with zero attached hydrogens (tertiary/aromatic N) is 3. The molecule has 0 spiro atoms. The Labute approximate surface area is 169 Å². The highest BCUT2D eigenvalue weighted by Crippen LogP contribution is 2.30. The summed E-state index contributed by atoms with van der Waals surface area (Å²) in [6.45, 7) is 0.895. The molecular formula is C20H22N4O4S.